The summed E-state index contributed by atoms with van der Waals surface area (Å²) < 4.78 is 70.3. The number of carbonyl (C=O) groups excluding carboxylic acids is 2. The number of likely N-dealkylation sites (N-methyl/N-ethyl adjacent to an activating group) is 1. The van der Waals surface area contributed by atoms with Crippen molar-refractivity contribution in [3.63, 3.8) is 0 Å². The third kappa shape index (κ3) is 8.38. The number of sulfonamides is 1. The fraction of sp³-hybridized carbons (Fsp3) is 0.440. The molecule has 0 bridgehead atoms. The lowest BCUT2D eigenvalue weighted by Crippen LogP contribution is -2.48. The molecule has 2 aromatic carbocycles. The minimum Gasteiger partial charge on any atom is -0.497 e. The van der Waals surface area contributed by atoms with Gasteiger partial charge < -0.3 is 15.0 Å². The zero-order valence-electron chi connectivity index (χ0n) is 21.2. The zero-order chi connectivity index (χ0) is 27.8. The van der Waals surface area contributed by atoms with Crippen molar-refractivity contribution >= 4 is 27.5 Å². The van der Waals surface area contributed by atoms with Crippen LogP contribution in [0.25, 0.3) is 0 Å². The average Bonchev–Trinajstić information content (AvgIpc) is 2.85. The van der Waals surface area contributed by atoms with Gasteiger partial charge in [0.2, 0.25) is 21.8 Å². The second-order valence-corrected chi connectivity index (χ2v) is 10.3. The van der Waals surface area contributed by atoms with Crippen molar-refractivity contribution < 1.29 is 35.9 Å². The number of hydrogen-bond acceptors (Lipinski definition) is 5. The van der Waals surface area contributed by atoms with Gasteiger partial charge in [-0.2, -0.15) is 13.2 Å². The number of amides is 2. The van der Waals surface area contributed by atoms with Gasteiger partial charge in [0.25, 0.3) is 0 Å². The van der Waals surface area contributed by atoms with Crippen LogP contribution in [0.1, 0.15) is 37.3 Å². The van der Waals surface area contributed by atoms with Crippen molar-refractivity contribution in [2.75, 3.05) is 31.3 Å². The largest absolute Gasteiger partial charge is 0.497 e. The highest BCUT2D eigenvalue weighted by Crippen LogP contribution is 2.32. The van der Waals surface area contributed by atoms with Crippen LogP contribution < -0.4 is 14.4 Å². The van der Waals surface area contributed by atoms with E-state index in [2.05, 4.69) is 5.32 Å². The third-order valence-electron chi connectivity index (χ3n) is 5.73. The fourth-order valence-corrected chi connectivity index (χ4v) is 4.85. The molecule has 8 nitrogen and oxygen atoms in total. The van der Waals surface area contributed by atoms with Crippen LogP contribution in [-0.2, 0) is 32.3 Å². The van der Waals surface area contributed by atoms with E-state index in [1.807, 2.05) is 0 Å². The van der Waals surface area contributed by atoms with Crippen molar-refractivity contribution in [1.82, 2.24) is 10.2 Å². The van der Waals surface area contributed by atoms with E-state index in [4.69, 9.17) is 4.74 Å². The van der Waals surface area contributed by atoms with Gasteiger partial charge in [-0.3, -0.25) is 13.9 Å². The van der Waals surface area contributed by atoms with Crippen LogP contribution >= 0.6 is 0 Å². The number of nitrogens with one attached hydrogen (secondary N) is 1. The van der Waals surface area contributed by atoms with E-state index in [1.165, 1.54) is 25.1 Å². The average molecular weight is 544 g/mol. The second-order valence-electron chi connectivity index (χ2n) is 8.40. The molecule has 0 spiro atoms. The van der Waals surface area contributed by atoms with Gasteiger partial charge in [-0.25, -0.2) is 8.42 Å². The molecule has 12 heteroatoms. The molecule has 0 unspecified atom stereocenters. The number of alkyl halides is 3. The van der Waals surface area contributed by atoms with Crippen LogP contribution in [0.5, 0.6) is 5.75 Å². The molecular formula is C25H32F3N3O5S. The molecule has 0 aliphatic carbocycles. The Morgan fingerprint density at radius 1 is 1.11 bits per heavy atom. The summed E-state index contributed by atoms with van der Waals surface area (Å²) in [7, 11) is -0.946. The lowest BCUT2D eigenvalue weighted by atomic mass is 10.1. The molecule has 0 radical (unpaired) electrons. The van der Waals surface area contributed by atoms with Gasteiger partial charge in [0.05, 0.1) is 24.6 Å². The molecule has 204 valence electrons. The molecule has 0 aromatic heterocycles. The van der Waals surface area contributed by atoms with Crippen molar-refractivity contribution in [3.05, 3.63) is 59.7 Å². The molecule has 0 aliphatic rings. The van der Waals surface area contributed by atoms with Gasteiger partial charge in [-0.1, -0.05) is 25.1 Å². The van der Waals surface area contributed by atoms with E-state index < -0.39 is 33.7 Å². The lowest BCUT2D eigenvalue weighted by molar-refractivity contribution is -0.141. The van der Waals surface area contributed by atoms with Gasteiger partial charge >= 0.3 is 6.18 Å². The summed E-state index contributed by atoms with van der Waals surface area (Å²) in [5.74, 6) is -0.154. The Balaban J connectivity index is 2.25. The van der Waals surface area contributed by atoms with E-state index in [1.54, 1.807) is 31.2 Å². The summed E-state index contributed by atoms with van der Waals surface area (Å²) in [5.41, 5.74) is -0.387. The molecule has 37 heavy (non-hydrogen) atoms. The molecule has 0 fully saturated rings. The monoisotopic (exact) mass is 543 g/mol. The molecule has 0 heterocycles. The Morgan fingerprint density at radius 3 is 2.35 bits per heavy atom. The zero-order valence-corrected chi connectivity index (χ0v) is 22.0. The Morgan fingerprint density at radius 2 is 1.78 bits per heavy atom. The highest BCUT2D eigenvalue weighted by Gasteiger charge is 2.32. The van der Waals surface area contributed by atoms with Gasteiger partial charge in [-0.15, -0.1) is 0 Å². The Bertz CT molecular complexity index is 1190. The maximum atomic E-state index is 13.3. The lowest BCUT2D eigenvalue weighted by Gasteiger charge is -2.31. The Labute approximate surface area is 215 Å². The first-order valence-electron chi connectivity index (χ1n) is 11.6. The number of rotatable bonds is 12. The highest BCUT2D eigenvalue weighted by molar-refractivity contribution is 7.92. The van der Waals surface area contributed by atoms with Gasteiger partial charge in [0.1, 0.15) is 11.8 Å². The summed E-state index contributed by atoms with van der Waals surface area (Å²) in [5, 5.41) is 2.56. The van der Waals surface area contributed by atoms with Crippen LogP contribution in [0, 0.1) is 0 Å². The summed E-state index contributed by atoms with van der Waals surface area (Å²) in [4.78, 5) is 27.2. The molecule has 1 atom stereocenters. The number of nitrogens with zero attached hydrogens (tertiary/aromatic N) is 2. The topological polar surface area (TPSA) is 96.0 Å². The fourth-order valence-electron chi connectivity index (χ4n) is 3.89. The van der Waals surface area contributed by atoms with Gasteiger partial charge in [-0.05, 0) is 48.7 Å². The van der Waals surface area contributed by atoms with Crippen LogP contribution in [0.4, 0.5) is 18.9 Å². The standard InChI is InChI=1S/C25H32F3N3O5S/c1-5-22(24(33)29-2)30(17-18-9-6-12-21(15-18)36-3)23(32)13-8-14-31(37(4,34)35)20-11-7-10-19(16-20)25(26,27)28/h6-7,9-12,15-16,22H,5,8,13-14,17H2,1-4H3,(H,29,33)/t22-/m0/s1. The number of methoxy groups -OCH3 is 1. The number of anilines is 1. The first-order valence-corrected chi connectivity index (χ1v) is 13.5. The van der Waals surface area contributed by atoms with E-state index in [9.17, 15) is 31.2 Å². The maximum absolute atomic E-state index is 13.3. The minimum atomic E-state index is -4.63. The van der Waals surface area contributed by atoms with Gasteiger partial charge in [0.15, 0.2) is 0 Å². The quantitative estimate of drug-likeness (QED) is 0.439. The van der Waals surface area contributed by atoms with Crippen molar-refractivity contribution in [2.45, 2.75) is 44.9 Å². The predicted octanol–water partition coefficient (Wildman–Crippen LogP) is 3.81. The smallest absolute Gasteiger partial charge is 0.416 e. The molecule has 0 saturated carbocycles. The second kappa shape index (κ2) is 12.8. The Hall–Kier alpha value is -3.28. The maximum Gasteiger partial charge on any atom is 0.416 e. The van der Waals surface area contributed by atoms with Crippen molar-refractivity contribution in [3.8, 4) is 5.75 Å². The van der Waals surface area contributed by atoms with E-state index in [0.717, 1.165) is 34.3 Å². The SMILES string of the molecule is CC[C@@H](C(=O)NC)N(Cc1cccc(OC)c1)C(=O)CCCN(c1cccc(C(F)(F)F)c1)S(C)(=O)=O. The highest BCUT2D eigenvalue weighted by atomic mass is 32.2. The van der Waals surface area contributed by atoms with Crippen LogP contribution in [0.15, 0.2) is 48.5 Å². The first kappa shape index (κ1) is 29.9. The molecule has 2 amide bonds. The van der Waals surface area contributed by atoms with Crippen molar-refractivity contribution in [2.24, 2.45) is 0 Å². The first-order chi connectivity index (χ1) is 17.3. The van der Waals surface area contributed by atoms with Crippen LogP contribution in [0.3, 0.4) is 0 Å². The van der Waals surface area contributed by atoms with Crippen LogP contribution in [0.2, 0.25) is 0 Å². The number of carbonyl (C=O) groups is 2. The van der Waals surface area contributed by atoms with Crippen LogP contribution in [-0.4, -0.2) is 58.1 Å². The third-order valence-corrected chi connectivity index (χ3v) is 6.93. The Kier molecular flexibility index (Phi) is 10.4. The number of ether oxygens (including phenoxy) is 1. The molecule has 0 saturated heterocycles. The molecule has 1 N–H and O–H groups in total. The number of hydrogen-bond donors (Lipinski definition) is 1. The van der Waals surface area contributed by atoms with E-state index in [-0.39, 0.29) is 37.5 Å². The predicted molar refractivity (Wildman–Crippen MR) is 135 cm³/mol. The summed E-state index contributed by atoms with van der Waals surface area (Å²) in [6, 6.07) is 10.3. The number of halogens is 3. The normalized spacial score (nSPS) is 12.5. The summed E-state index contributed by atoms with van der Waals surface area (Å²) in [6.45, 7) is 1.67. The summed E-state index contributed by atoms with van der Waals surface area (Å²) >= 11 is 0. The molecular weight excluding hydrogens is 511 g/mol. The summed E-state index contributed by atoms with van der Waals surface area (Å²) in [6.07, 6.45) is -3.49. The van der Waals surface area contributed by atoms with Crippen molar-refractivity contribution in [1.29, 1.82) is 0 Å². The van der Waals surface area contributed by atoms with E-state index >= 15 is 0 Å². The molecule has 2 rings (SSSR count). The molecule has 0 aliphatic heterocycles. The minimum absolute atomic E-state index is 0.0287. The number of benzene rings is 2. The van der Waals surface area contributed by atoms with Gasteiger partial charge in [0, 0.05) is 26.6 Å². The van der Waals surface area contributed by atoms with E-state index in [0.29, 0.717) is 12.2 Å². The molecule has 2 aromatic rings.